The van der Waals surface area contributed by atoms with Gasteiger partial charge in [-0.25, -0.2) is 0 Å². The van der Waals surface area contributed by atoms with Crippen molar-refractivity contribution in [2.45, 2.75) is 38.3 Å². The zero-order valence-corrected chi connectivity index (χ0v) is 13.2. The van der Waals surface area contributed by atoms with E-state index in [-0.39, 0.29) is 0 Å². The molecule has 2 nitrogen and oxygen atoms in total. The first kappa shape index (κ1) is 13.6. The summed E-state index contributed by atoms with van der Waals surface area (Å²) in [7, 11) is 0. The van der Waals surface area contributed by atoms with E-state index in [0.717, 1.165) is 12.3 Å². The van der Waals surface area contributed by atoms with Crippen molar-refractivity contribution < 1.29 is 0 Å². The van der Waals surface area contributed by atoms with Gasteiger partial charge in [0, 0.05) is 23.1 Å². The molecule has 104 valence electrons. The first-order chi connectivity index (χ1) is 9.26. The Bertz CT molecular complexity index is 427. The summed E-state index contributed by atoms with van der Waals surface area (Å²) in [5.74, 6) is 0.895. The summed E-state index contributed by atoms with van der Waals surface area (Å²) in [6, 6.07) is 9.91. The highest BCUT2D eigenvalue weighted by atomic mass is 79.9. The van der Waals surface area contributed by atoms with E-state index in [1.807, 2.05) is 0 Å². The largest absolute Gasteiger partial charge is 0.306 e. The molecule has 1 N–H and O–H groups in total. The smallest absolute Gasteiger partial charge is 0.0321 e. The minimum atomic E-state index is 0.489. The van der Waals surface area contributed by atoms with Crippen LogP contribution in [0.2, 0.25) is 0 Å². The number of benzene rings is 1. The number of rotatable bonds is 4. The van der Waals surface area contributed by atoms with Gasteiger partial charge in [-0.15, -0.1) is 0 Å². The van der Waals surface area contributed by atoms with E-state index in [0.29, 0.717) is 12.1 Å². The molecule has 0 aromatic heterocycles. The number of hydrogen-bond acceptors (Lipinski definition) is 2. The van der Waals surface area contributed by atoms with Crippen LogP contribution in [0.25, 0.3) is 0 Å². The molecule has 0 saturated carbocycles. The average Bonchev–Trinajstić information content (AvgIpc) is 2.46. The SMILES string of the molecule is CCC(NC1CN2CCC1CC2)c1cccc(Br)c1. The molecular formula is C16H23BrN2. The Balaban J connectivity index is 1.70. The Labute approximate surface area is 124 Å². The van der Waals surface area contributed by atoms with Gasteiger partial charge in [0.25, 0.3) is 0 Å². The maximum Gasteiger partial charge on any atom is 0.0321 e. The van der Waals surface area contributed by atoms with Gasteiger partial charge in [-0.2, -0.15) is 0 Å². The van der Waals surface area contributed by atoms with Crippen LogP contribution in [0, 0.1) is 5.92 Å². The van der Waals surface area contributed by atoms with Crippen molar-refractivity contribution >= 4 is 15.9 Å². The molecule has 0 radical (unpaired) electrons. The van der Waals surface area contributed by atoms with E-state index in [2.05, 4.69) is 57.3 Å². The Hall–Kier alpha value is -0.380. The van der Waals surface area contributed by atoms with Crippen LogP contribution in [0.15, 0.2) is 28.7 Å². The third kappa shape index (κ3) is 3.04. The van der Waals surface area contributed by atoms with Crippen LogP contribution in [-0.2, 0) is 0 Å². The van der Waals surface area contributed by atoms with Gasteiger partial charge in [-0.05, 0) is 56.0 Å². The van der Waals surface area contributed by atoms with Crippen molar-refractivity contribution in [1.29, 1.82) is 0 Å². The summed E-state index contributed by atoms with van der Waals surface area (Å²) in [6.07, 6.45) is 3.92. The van der Waals surface area contributed by atoms with E-state index in [9.17, 15) is 0 Å². The second kappa shape index (κ2) is 5.94. The molecule has 3 heterocycles. The third-order valence-electron chi connectivity index (χ3n) is 4.73. The van der Waals surface area contributed by atoms with Gasteiger partial charge in [-0.3, -0.25) is 0 Å². The summed E-state index contributed by atoms with van der Waals surface area (Å²) in [6.45, 7) is 6.15. The van der Waals surface area contributed by atoms with Gasteiger partial charge in [-0.1, -0.05) is 35.0 Å². The quantitative estimate of drug-likeness (QED) is 0.911. The van der Waals surface area contributed by atoms with Crippen LogP contribution in [0.3, 0.4) is 0 Å². The minimum absolute atomic E-state index is 0.489. The maximum atomic E-state index is 3.92. The maximum absolute atomic E-state index is 3.92. The number of nitrogens with zero attached hydrogens (tertiary/aromatic N) is 1. The molecule has 19 heavy (non-hydrogen) atoms. The first-order valence-corrected chi connectivity index (χ1v) is 8.29. The standard InChI is InChI=1S/C16H23BrN2/c1-2-15(13-4-3-5-14(17)10-13)18-16-11-19-8-6-12(16)7-9-19/h3-5,10,12,15-16,18H,2,6-9,11H2,1H3. The molecule has 3 heteroatoms. The molecule has 3 aliphatic heterocycles. The van der Waals surface area contributed by atoms with Gasteiger partial charge in [0.05, 0.1) is 0 Å². The predicted molar refractivity (Wildman–Crippen MR) is 83.3 cm³/mol. The van der Waals surface area contributed by atoms with Gasteiger partial charge in [0.2, 0.25) is 0 Å². The van der Waals surface area contributed by atoms with E-state index >= 15 is 0 Å². The number of fused-ring (bicyclic) bond motifs is 3. The van der Waals surface area contributed by atoms with Crippen LogP contribution < -0.4 is 5.32 Å². The zero-order chi connectivity index (χ0) is 13.2. The lowest BCUT2D eigenvalue weighted by Gasteiger charge is -2.46. The van der Waals surface area contributed by atoms with Gasteiger partial charge < -0.3 is 10.2 Å². The third-order valence-corrected chi connectivity index (χ3v) is 5.22. The fourth-order valence-corrected chi connectivity index (χ4v) is 4.00. The molecular weight excluding hydrogens is 300 g/mol. The van der Waals surface area contributed by atoms with Crippen molar-refractivity contribution in [2.24, 2.45) is 5.92 Å². The average molecular weight is 323 g/mol. The van der Waals surface area contributed by atoms with Crippen LogP contribution in [0.5, 0.6) is 0 Å². The Kier molecular flexibility index (Phi) is 4.25. The van der Waals surface area contributed by atoms with Crippen molar-refractivity contribution in [3.8, 4) is 0 Å². The van der Waals surface area contributed by atoms with Gasteiger partial charge in [0.15, 0.2) is 0 Å². The molecule has 0 aliphatic carbocycles. The summed E-state index contributed by atoms with van der Waals surface area (Å²) in [4.78, 5) is 2.62. The molecule has 3 aliphatic rings. The fraction of sp³-hybridized carbons (Fsp3) is 0.625. The highest BCUT2D eigenvalue weighted by Gasteiger charge is 2.34. The monoisotopic (exact) mass is 322 g/mol. The first-order valence-electron chi connectivity index (χ1n) is 7.50. The summed E-state index contributed by atoms with van der Waals surface area (Å²) < 4.78 is 1.18. The summed E-state index contributed by atoms with van der Waals surface area (Å²) in [5.41, 5.74) is 1.41. The van der Waals surface area contributed by atoms with Crippen molar-refractivity contribution in [3.63, 3.8) is 0 Å². The summed E-state index contributed by atoms with van der Waals surface area (Å²) >= 11 is 3.58. The normalized spacial score (nSPS) is 31.4. The molecule has 3 fully saturated rings. The van der Waals surface area contributed by atoms with Crippen LogP contribution >= 0.6 is 15.9 Å². The van der Waals surface area contributed by atoms with E-state index in [4.69, 9.17) is 0 Å². The lowest BCUT2D eigenvalue weighted by Crippen LogP contribution is -2.56. The lowest BCUT2D eigenvalue weighted by molar-refractivity contribution is 0.0666. The van der Waals surface area contributed by atoms with Gasteiger partial charge in [0.1, 0.15) is 0 Å². The number of halogens is 1. The Morgan fingerprint density at radius 1 is 1.37 bits per heavy atom. The van der Waals surface area contributed by atoms with Crippen LogP contribution in [0.1, 0.15) is 37.8 Å². The Morgan fingerprint density at radius 3 is 2.74 bits per heavy atom. The topological polar surface area (TPSA) is 15.3 Å². The molecule has 2 unspecified atom stereocenters. The van der Waals surface area contributed by atoms with Crippen LogP contribution in [-0.4, -0.2) is 30.6 Å². The van der Waals surface area contributed by atoms with E-state index < -0.39 is 0 Å². The van der Waals surface area contributed by atoms with Crippen molar-refractivity contribution in [2.75, 3.05) is 19.6 Å². The molecule has 1 aromatic carbocycles. The molecule has 0 amide bonds. The number of hydrogen-bond donors (Lipinski definition) is 1. The molecule has 2 atom stereocenters. The second-order valence-corrected chi connectivity index (χ2v) is 6.84. The fourth-order valence-electron chi connectivity index (χ4n) is 3.59. The number of nitrogens with one attached hydrogen (secondary N) is 1. The van der Waals surface area contributed by atoms with Gasteiger partial charge >= 0.3 is 0 Å². The molecule has 0 spiro atoms. The molecule has 4 rings (SSSR count). The summed E-state index contributed by atoms with van der Waals surface area (Å²) in [5, 5.41) is 3.92. The molecule has 3 saturated heterocycles. The second-order valence-electron chi connectivity index (χ2n) is 5.93. The van der Waals surface area contributed by atoms with E-state index in [1.165, 1.54) is 42.5 Å². The van der Waals surface area contributed by atoms with Crippen molar-refractivity contribution in [1.82, 2.24) is 10.2 Å². The predicted octanol–water partition coefficient (Wildman–Crippen LogP) is 3.58. The highest BCUT2D eigenvalue weighted by molar-refractivity contribution is 9.10. The highest BCUT2D eigenvalue weighted by Crippen LogP contribution is 2.30. The number of piperidine rings is 3. The minimum Gasteiger partial charge on any atom is -0.306 e. The molecule has 1 aromatic rings. The Morgan fingerprint density at radius 2 is 2.16 bits per heavy atom. The van der Waals surface area contributed by atoms with Crippen molar-refractivity contribution in [3.05, 3.63) is 34.3 Å². The van der Waals surface area contributed by atoms with Crippen LogP contribution in [0.4, 0.5) is 0 Å². The lowest BCUT2D eigenvalue weighted by atomic mass is 9.83. The molecule has 2 bridgehead atoms. The zero-order valence-electron chi connectivity index (χ0n) is 11.6. The van der Waals surface area contributed by atoms with E-state index in [1.54, 1.807) is 0 Å².